The monoisotopic (exact) mass is 578 g/mol. The van der Waals surface area contributed by atoms with E-state index in [0.29, 0.717) is 18.9 Å². The molecule has 0 saturated carbocycles. The van der Waals surface area contributed by atoms with Gasteiger partial charge in [-0.15, -0.1) is 0 Å². The van der Waals surface area contributed by atoms with Crippen LogP contribution in [0.25, 0.3) is 16.6 Å². The van der Waals surface area contributed by atoms with Gasteiger partial charge in [0.2, 0.25) is 5.91 Å². The van der Waals surface area contributed by atoms with Crippen LogP contribution in [-0.4, -0.2) is 68.5 Å². The van der Waals surface area contributed by atoms with E-state index >= 15 is 0 Å². The van der Waals surface area contributed by atoms with Gasteiger partial charge in [0.25, 0.3) is 0 Å². The van der Waals surface area contributed by atoms with E-state index < -0.39 is 5.60 Å². The number of hydrogen-bond donors (Lipinski definition) is 1. The number of nitrogens with zero attached hydrogens (tertiary/aromatic N) is 4. The van der Waals surface area contributed by atoms with Crippen molar-refractivity contribution >= 4 is 22.5 Å². The second kappa shape index (κ2) is 11.0. The Hall–Kier alpha value is -3.22. The fourth-order valence-corrected chi connectivity index (χ4v) is 8.42. The molecule has 4 aliphatic heterocycles. The molecule has 5 aliphatic rings. The van der Waals surface area contributed by atoms with E-state index in [9.17, 15) is 9.90 Å². The second-order valence-corrected chi connectivity index (χ2v) is 13.3. The first-order valence-corrected chi connectivity index (χ1v) is 16.6. The highest BCUT2D eigenvalue weighted by Gasteiger charge is 2.43. The molecule has 0 spiro atoms. The minimum atomic E-state index is -1.02. The van der Waals surface area contributed by atoms with Crippen molar-refractivity contribution in [3.8, 4) is 0 Å². The number of carbonyl (C=O) groups excluding carboxylic acids is 1. The summed E-state index contributed by atoms with van der Waals surface area (Å²) in [5.74, 6) is 0.240. The Bertz CT molecular complexity index is 1570. The summed E-state index contributed by atoms with van der Waals surface area (Å²) in [5, 5.41) is 12.8. The minimum absolute atomic E-state index is 0.240. The van der Waals surface area contributed by atoms with Gasteiger partial charge in [0.15, 0.2) is 0 Å². The number of rotatable bonds is 5. The molecule has 1 N–H and O–H groups in total. The normalized spacial score (nSPS) is 24.8. The largest absolute Gasteiger partial charge is 0.381 e. The third-order valence-corrected chi connectivity index (χ3v) is 11.1. The maximum Gasteiger partial charge on any atom is 0.226 e. The summed E-state index contributed by atoms with van der Waals surface area (Å²) >= 11 is 0. The molecule has 2 saturated heterocycles. The number of benzene rings is 1. The van der Waals surface area contributed by atoms with Crippen LogP contribution in [0.1, 0.15) is 87.6 Å². The van der Waals surface area contributed by atoms with Gasteiger partial charge < -0.3 is 19.8 Å². The molecule has 1 aromatic carbocycles. The summed E-state index contributed by atoms with van der Waals surface area (Å²) in [7, 11) is 0. The van der Waals surface area contributed by atoms with Gasteiger partial charge in [-0.2, -0.15) is 0 Å². The number of aromatic nitrogens is 1. The number of amides is 1. The first kappa shape index (κ1) is 28.5. The van der Waals surface area contributed by atoms with Crippen molar-refractivity contribution in [2.75, 3.05) is 26.2 Å². The maximum atomic E-state index is 13.4. The van der Waals surface area contributed by atoms with Gasteiger partial charge in [-0.1, -0.05) is 39.5 Å². The molecule has 7 rings (SSSR count). The van der Waals surface area contributed by atoms with Crippen molar-refractivity contribution < 1.29 is 9.90 Å². The van der Waals surface area contributed by atoms with Gasteiger partial charge >= 0.3 is 0 Å². The number of allylic oxidation sites excluding steroid dienone is 1. The van der Waals surface area contributed by atoms with Crippen molar-refractivity contribution in [1.29, 1.82) is 0 Å². The van der Waals surface area contributed by atoms with Crippen LogP contribution in [0, 0.1) is 0 Å². The van der Waals surface area contributed by atoms with E-state index in [0.717, 1.165) is 102 Å². The molecule has 226 valence electrons. The lowest BCUT2D eigenvalue weighted by Gasteiger charge is -2.42. The number of hydrogen-bond acceptors (Lipinski definition) is 5. The summed E-state index contributed by atoms with van der Waals surface area (Å²) in [6.07, 6.45) is 11.9. The van der Waals surface area contributed by atoms with Crippen molar-refractivity contribution in [2.24, 2.45) is 0 Å². The van der Waals surface area contributed by atoms with E-state index in [1.807, 2.05) is 6.92 Å². The Balaban J connectivity index is 1.14. The lowest BCUT2D eigenvalue weighted by molar-refractivity contribution is -0.132. The van der Waals surface area contributed by atoms with Crippen LogP contribution < -0.4 is 0 Å². The third-order valence-electron chi connectivity index (χ3n) is 11.1. The number of aliphatic hydroxyl groups is 1. The number of pyridine rings is 1. The smallest absolute Gasteiger partial charge is 0.226 e. The summed E-state index contributed by atoms with van der Waals surface area (Å²) in [6.45, 7) is 17.9. The molecule has 0 radical (unpaired) electrons. The molecule has 1 aliphatic carbocycles. The van der Waals surface area contributed by atoms with Crippen LogP contribution in [0.15, 0.2) is 59.8 Å². The lowest BCUT2D eigenvalue weighted by Crippen LogP contribution is -2.48. The van der Waals surface area contributed by atoms with Gasteiger partial charge in [0, 0.05) is 35.8 Å². The topological polar surface area (TPSA) is 59.9 Å². The van der Waals surface area contributed by atoms with E-state index in [1.54, 1.807) is 0 Å². The molecule has 5 heterocycles. The van der Waals surface area contributed by atoms with Gasteiger partial charge in [0.1, 0.15) is 5.60 Å². The van der Waals surface area contributed by atoms with Gasteiger partial charge in [0.05, 0.1) is 29.9 Å². The maximum absolute atomic E-state index is 13.4. The van der Waals surface area contributed by atoms with Crippen LogP contribution in [0.2, 0.25) is 0 Å². The summed E-state index contributed by atoms with van der Waals surface area (Å²) in [6, 6.07) is 7.04. The standard InChI is InChI=1S/C37H46N4O2/c1-5-28-30-20-26(21-35(42)40-18-14-27(15-19-40)39-16-8-7-9-17-39)11-13-33(30)38-36-31(28)23-41-25(4)29-12-10-24(3)37(43,6-2)32(29)22-34(36)41/h11,13,20,22,27,43H,3-10,12,14-19,21,23H2,1-2H3. The average Bonchev–Trinajstić information content (AvgIpc) is 3.41. The highest BCUT2D eigenvalue weighted by Crippen LogP contribution is 2.50. The molecule has 6 heteroatoms. The van der Waals surface area contributed by atoms with Gasteiger partial charge in [-0.3, -0.25) is 4.79 Å². The van der Waals surface area contributed by atoms with E-state index in [1.165, 1.54) is 43.5 Å². The van der Waals surface area contributed by atoms with Gasteiger partial charge in [-0.05, 0) is 111 Å². The molecule has 1 unspecified atom stereocenters. The summed E-state index contributed by atoms with van der Waals surface area (Å²) in [4.78, 5) is 25.6. The third kappa shape index (κ3) is 4.69. The Morgan fingerprint density at radius 1 is 1.07 bits per heavy atom. The van der Waals surface area contributed by atoms with E-state index in [4.69, 9.17) is 4.98 Å². The number of likely N-dealkylation sites (tertiary alicyclic amines) is 2. The average molecular weight is 579 g/mol. The van der Waals surface area contributed by atoms with Crippen LogP contribution in [-0.2, 0) is 24.2 Å². The van der Waals surface area contributed by atoms with Gasteiger partial charge in [-0.25, -0.2) is 4.98 Å². The number of fused-ring (bicyclic) bond motifs is 4. The van der Waals surface area contributed by atoms with Crippen LogP contribution in [0.3, 0.4) is 0 Å². The zero-order valence-corrected chi connectivity index (χ0v) is 26.1. The highest BCUT2D eigenvalue weighted by molar-refractivity contribution is 5.90. The van der Waals surface area contributed by atoms with Crippen molar-refractivity contribution in [1.82, 2.24) is 19.7 Å². The Morgan fingerprint density at radius 2 is 1.84 bits per heavy atom. The zero-order chi connectivity index (χ0) is 29.9. The summed E-state index contributed by atoms with van der Waals surface area (Å²) in [5.41, 5.74) is 9.53. The number of aryl methyl sites for hydroxylation is 1. The molecule has 0 bridgehead atoms. The molecule has 43 heavy (non-hydrogen) atoms. The predicted molar refractivity (Wildman–Crippen MR) is 173 cm³/mol. The van der Waals surface area contributed by atoms with Crippen LogP contribution >= 0.6 is 0 Å². The van der Waals surface area contributed by atoms with Crippen molar-refractivity contribution in [2.45, 2.75) is 96.2 Å². The van der Waals surface area contributed by atoms with Crippen LogP contribution in [0.4, 0.5) is 0 Å². The molecule has 1 atom stereocenters. The Morgan fingerprint density at radius 3 is 2.56 bits per heavy atom. The van der Waals surface area contributed by atoms with E-state index in [2.05, 4.69) is 59.1 Å². The first-order chi connectivity index (χ1) is 20.8. The molecule has 1 amide bonds. The first-order valence-electron chi connectivity index (χ1n) is 16.6. The fraction of sp³-hybridized carbons (Fsp3) is 0.514. The Labute approximate surface area is 256 Å². The molecule has 2 fully saturated rings. The SMILES string of the molecule is C=C1C2=C(C=C3c4nc5ccc(CC(=O)N6CCC(N7CCCCC7)CC6)cc5c(CC)c4CN13)C(O)(CC)C(=C)CC2. The number of piperidine rings is 2. The second-order valence-electron chi connectivity index (χ2n) is 13.3. The minimum Gasteiger partial charge on any atom is -0.381 e. The molecular weight excluding hydrogens is 532 g/mol. The van der Waals surface area contributed by atoms with Crippen LogP contribution in [0.5, 0.6) is 0 Å². The molecule has 1 aromatic heterocycles. The zero-order valence-electron chi connectivity index (χ0n) is 26.1. The lowest BCUT2D eigenvalue weighted by atomic mass is 9.72. The highest BCUT2D eigenvalue weighted by atomic mass is 16.3. The molecule has 2 aromatic rings. The fourth-order valence-electron chi connectivity index (χ4n) is 8.42. The van der Waals surface area contributed by atoms with E-state index in [-0.39, 0.29) is 5.91 Å². The molecular formula is C37H46N4O2. The Kier molecular flexibility index (Phi) is 7.33. The van der Waals surface area contributed by atoms with Crippen molar-refractivity contribution in [3.05, 3.63) is 82.2 Å². The summed E-state index contributed by atoms with van der Waals surface area (Å²) < 4.78 is 0. The number of carbonyl (C=O) groups is 1. The molecule has 6 nitrogen and oxygen atoms in total. The quantitative estimate of drug-likeness (QED) is 0.423. The van der Waals surface area contributed by atoms with Crippen molar-refractivity contribution in [3.63, 3.8) is 0 Å². The predicted octanol–water partition coefficient (Wildman–Crippen LogP) is 6.29.